The van der Waals surface area contributed by atoms with Gasteiger partial charge in [0, 0.05) is 25.5 Å². The van der Waals surface area contributed by atoms with Crippen molar-refractivity contribution in [3.63, 3.8) is 0 Å². The van der Waals surface area contributed by atoms with Gasteiger partial charge in [0.2, 0.25) is 5.91 Å². The molecular formula is C21H31N5O. The maximum absolute atomic E-state index is 12.8. The molecule has 3 heterocycles. The number of likely N-dealkylation sites (tertiary alicyclic amines) is 1. The largest absolute Gasteiger partial charge is 0.341 e. The van der Waals surface area contributed by atoms with Gasteiger partial charge in [0.1, 0.15) is 0 Å². The van der Waals surface area contributed by atoms with E-state index in [1.54, 1.807) is 0 Å². The Kier molecular flexibility index (Phi) is 5.45. The first-order valence-electron chi connectivity index (χ1n) is 10.3. The molecule has 146 valence electrons. The maximum Gasteiger partial charge on any atom is 0.239 e. The maximum atomic E-state index is 12.8. The van der Waals surface area contributed by atoms with Gasteiger partial charge in [0.25, 0.3) is 0 Å². The molecule has 6 heteroatoms. The second kappa shape index (κ2) is 7.98. The number of hydrogen-bond donors (Lipinski definition) is 2. The van der Waals surface area contributed by atoms with Gasteiger partial charge in [-0.25, -0.2) is 0 Å². The van der Waals surface area contributed by atoms with Crippen LogP contribution in [0.5, 0.6) is 0 Å². The number of carbonyl (C=O) groups excluding carboxylic acids is 1. The molecule has 2 saturated heterocycles. The predicted octanol–water partition coefficient (Wildman–Crippen LogP) is 1.68. The fourth-order valence-corrected chi connectivity index (χ4v) is 4.82. The second-order valence-electron chi connectivity index (χ2n) is 8.22. The van der Waals surface area contributed by atoms with Crippen molar-refractivity contribution in [2.75, 3.05) is 26.2 Å². The molecule has 2 fully saturated rings. The van der Waals surface area contributed by atoms with Gasteiger partial charge in [0.15, 0.2) is 0 Å². The molecule has 4 rings (SSSR count). The van der Waals surface area contributed by atoms with Crippen LogP contribution in [-0.2, 0) is 18.3 Å². The van der Waals surface area contributed by atoms with Crippen LogP contribution in [0, 0.1) is 11.8 Å². The minimum Gasteiger partial charge on any atom is -0.341 e. The van der Waals surface area contributed by atoms with E-state index in [4.69, 9.17) is 5.73 Å². The molecule has 3 N–H and O–H groups in total. The summed E-state index contributed by atoms with van der Waals surface area (Å²) >= 11 is 0. The van der Waals surface area contributed by atoms with E-state index in [2.05, 4.69) is 28.6 Å². The van der Waals surface area contributed by atoms with Crippen LogP contribution in [0.3, 0.4) is 0 Å². The number of aryl methyl sites for hydroxylation is 1. The van der Waals surface area contributed by atoms with E-state index in [1.165, 1.54) is 12.8 Å². The van der Waals surface area contributed by atoms with Crippen LogP contribution in [0.15, 0.2) is 24.4 Å². The Balaban J connectivity index is 1.32. The number of rotatable bonds is 4. The molecule has 27 heavy (non-hydrogen) atoms. The van der Waals surface area contributed by atoms with E-state index in [-0.39, 0.29) is 5.91 Å². The quantitative estimate of drug-likeness (QED) is 0.860. The zero-order valence-corrected chi connectivity index (χ0v) is 16.2. The molecule has 0 aliphatic carbocycles. The summed E-state index contributed by atoms with van der Waals surface area (Å²) in [5.74, 6) is 1.72. The topological polar surface area (TPSA) is 76.2 Å². The first-order chi connectivity index (χ1) is 13.1. The Hall–Kier alpha value is -1.92. The van der Waals surface area contributed by atoms with Gasteiger partial charge in [-0.3, -0.25) is 9.48 Å². The highest BCUT2D eigenvalue weighted by Crippen LogP contribution is 2.31. The second-order valence-corrected chi connectivity index (χ2v) is 8.22. The molecule has 0 spiro atoms. The smallest absolute Gasteiger partial charge is 0.239 e. The van der Waals surface area contributed by atoms with Gasteiger partial charge >= 0.3 is 0 Å². The number of amides is 1. The summed E-state index contributed by atoms with van der Waals surface area (Å²) < 4.78 is 1.86. The van der Waals surface area contributed by atoms with Gasteiger partial charge in [-0.05, 0) is 74.7 Å². The van der Waals surface area contributed by atoms with Crippen molar-refractivity contribution in [2.45, 2.75) is 38.1 Å². The highest BCUT2D eigenvalue weighted by molar-refractivity contribution is 5.83. The SMILES string of the molecule is Cn1ncc2cc(CC(N)C(=O)N3CCC(C4CCNCC4)CC3)ccc21. The molecule has 2 aliphatic heterocycles. The van der Waals surface area contributed by atoms with Crippen LogP contribution in [-0.4, -0.2) is 52.8 Å². The van der Waals surface area contributed by atoms with Crippen molar-refractivity contribution in [2.24, 2.45) is 24.6 Å². The lowest BCUT2D eigenvalue weighted by atomic mass is 9.79. The van der Waals surface area contributed by atoms with Crippen LogP contribution in [0.4, 0.5) is 0 Å². The van der Waals surface area contributed by atoms with E-state index in [0.29, 0.717) is 6.42 Å². The van der Waals surface area contributed by atoms with Crippen molar-refractivity contribution >= 4 is 16.8 Å². The minimum absolute atomic E-state index is 0.102. The van der Waals surface area contributed by atoms with Crippen molar-refractivity contribution in [3.8, 4) is 0 Å². The van der Waals surface area contributed by atoms with Gasteiger partial charge in [-0.15, -0.1) is 0 Å². The number of nitrogens with two attached hydrogens (primary N) is 1. The number of nitrogens with zero attached hydrogens (tertiary/aromatic N) is 3. The monoisotopic (exact) mass is 369 g/mol. The molecular weight excluding hydrogens is 338 g/mol. The minimum atomic E-state index is -0.463. The molecule has 0 saturated carbocycles. The van der Waals surface area contributed by atoms with E-state index in [0.717, 1.165) is 67.3 Å². The number of carbonyl (C=O) groups is 1. The summed E-state index contributed by atoms with van der Waals surface area (Å²) in [6, 6.07) is 5.74. The summed E-state index contributed by atoms with van der Waals surface area (Å²) in [6.45, 7) is 4.03. The first-order valence-corrected chi connectivity index (χ1v) is 10.3. The lowest BCUT2D eigenvalue weighted by Gasteiger charge is -2.38. The zero-order chi connectivity index (χ0) is 18.8. The lowest BCUT2D eigenvalue weighted by molar-refractivity contribution is -0.134. The lowest BCUT2D eigenvalue weighted by Crippen LogP contribution is -2.49. The highest BCUT2D eigenvalue weighted by Gasteiger charge is 2.30. The molecule has 2 aromatic rings. The Bertz CT molecular complexity index is 787. The summed E-state index contributed by atoms with van der Waals surface area (Å²) in [7, 11) is 1.94. The van der Waals surface area contributed by atoms with Crippen molar-refractivity contribution < 1.29 is 4.79 Å². The van der Waals surface area contributed by atoms with E-state index >= 15 is 0 Å². The fourth-order valence-electron chi connectivity index (χ4n) is 4.82. The third kappa shape index (κ3) is 4.01. The fraction of sp³-hybridized carbons (Fsp3) is 0.619. The normalized spacial score (nSPS) is 20.9. The zero-order valence-electron chi connectivity index (χ0n) is 16.2. The molecule has 1 atom stereocenters. The van der Waals surface area contributed by atoms with E-state index in [1.807, 2.05) is 22.8 Å². The standard InChI is InChI=1S/C21H31N5O/c1-25-20-3-2-15(12-18(20)14-24-25)13-19(22)21(27)26-10-6-17(7-11-26)16-4-8-23-9-5-16/h2-3,12,14,16-17,19,23H,4-11,13,22H2,1H3. The third-order valence-electron chi connectivity index (χ3n) is 6.49. The number of piperidine rings is 2. The van der Waals surface area contributed by atoms with Gasteiger partial charge in [-0.2, -0.15) is 5.10 Å². The summed E-state index contributed by atoms with van der Waals surface area (Å²) in [5.41, 5.74) is 8.48. The predicted molar refractivity (Wildman–Crippen MR) is 107 cm³/mol. The van der Waals surface area contributed by atoms with Crippen LogP contribution >= 0.6 is 0 Å². The average molecular weight is 370 g/mol. The van der Waals surface area contributed by atoms with Gasteiger partial charge in [0.05, 0.1) is 17.8 Å². The molecule has 0 bridgehead atoms. The Morgan fingerprint density at radius 2 is 1.93 bits per heavy atom. The number of aromatic nitrogens is 2. The van der Waals surface area contributed by atoms with Crippen LogP contribution in [0.1, 0.15) is 31.2 Å². The molecule has 2 aliphatic rings. The molecule has 1 aromatic heterocycles. The Morgan fingerprint density at radius 1 is 1.22 bits per heavy atom. The number of fused-ring (bicyclic) bond motifs is 1. The molecule has 1 aromatic carbocycles. The van der Waals surface area contributed by atoms with Crippen LogP contribution in [0.2, 0.25) is 0 Å². The van der Waals surface area contributed by atoms with Crippen LogP contribution in [0.25, 0.3) is 10.9 Å². The van der Waals surface area contributed by atoms with Crippen LogP contribution < -0.4 is 11.1 Å². The number of benzene rings is 1. The number of hydrogen-bond acceptors (Lipinski definition) is 4. The van der Waals surface area contributed by atoms with Crippen molar-refractivity contribution in [3.05, 3.63) is 30.0 Å². The first kappa shape index (κ1) is 18.4. The third-order valence-corrected chi connectivity index (χ3v) is 6.49. The molecule has 1 amide bonds. The summed E-state index contributed by atoms with van der Waals surface area (Å²) in [6.07, 6.45) is 7.27. The summed E-state index contributed by atoms with van der Waals surface area (Å²) in [5, 5.41) is 8.82. The van der Waals surface area contributed by atoms with Gasteiger partial charge in [-0.1, -0.05) is 6.07 Å². The van der Waals surface area contributed by atoms with Gasteiger partial charge < -0.3 is 16.0 Å². The number of nitrogens with one attached hydrogen (secondary N) is 1. The van der Waals surface area contributed by atoms with Crippen molar-refractivity contribution in [1.82, 2.24) is 20.0 Å². The summed E-state index contributed by atoms with van der Waals surface area (Å²) in [4.78, 5) is 14.8. The molecule has 1 unspecified atom stereocenters. The molecule has 6 nitrogen and oxygen atoms in total. The highest BCUT2D eigenvalue weighted by atomic mass is 16.2. The van der Waals surface area contributed by atoms with E-state index in [9.17, 15) is 4.79 Å². The Labute approximate surface area is 161 Å². The average Bonchev–Trinajstić information content (AvgIpc) is 3.08. The molecule has 0 radical (unpaired) electrons. The van der Waals surface area contributed by atoms with Crippen molar-refractivity contribution in [1.29, 1.82) is 0 Å². The van der Waals surface area contributed by atoms with E-state index < -0.39 is 6.04 Å². The Morgan fingerprint density at radius 3 is 2.67 bits per heavy atom.